The first-order chi connectivity index (χ1) is 7.33. The minimum atomic E-state index is -0.489. The van der Waals surface area contributed by atoms with Crippen LogP contribution in [0.2, 0.25) is 0 Å². The summed E-state index contributed by atoms with van der Waals surface area (Å²) in [7, 11) is 0. The van der Waals surface area contributed by atoms with Crippen molar-refractivity contribution in [2.24, 2.45) is 11.0 Å². The number of rotatable bonds is 1. The summed E-state index contributed by atoms with van der Waals surface area (Å²) < 4.78 is 5.25. The fourth-order valence-corrected chi connectivity index (χ4v) is 1.64. The Morgan fingerprint density at radius 3 is 2.62 bits per heavy atom. The molecule has 0 bridgehead atoms. The van der Waals surface area contributed by atoms with Gasteiger partial charge in [-0.2, -0.15) is 0 Å². The molecule has 0 unspecified atom stereocenters. The smallest absolute Gasteiger partial charge is 0.410 e. The molecule has 6 nitrogen and oxygen atoms in total. The number of hydrogen-bond acceptors (Lipinski definition) is 3. The van der Waals surface area contributed by atoms with Gasteiger partial charge in [-0.05, 0) is 32.2 Å². The first kappa shape index (κ1) is 12.6. The summed E-state index contributed by atoms with van der Waals surface area (Å²) in [6.07, 6.45) is -0.338. The summed E-state index contributed by atoms with van der Waals surface area (Å²) >= 11 is 0. The van der Waals surface area contributed by atoms with Gasteiger partial charge in [-0.15, -0.1) is 0 Å². The molecule has 0 aromatic heterocycles. The highest BCUT2D eigenvalue weighted by Crippen LogP contribution is 2.21. The summed E-state index contributed by atoms with van der Waals surface area (Å²) in [6, 6.07) is -0.141. The lowest BCUT2D eigenvalue weighted by molar-refractivity contribution is 0.0288. The maximum absolute atomic E-state index is 11.7. The molecule has 6 heteroatoms. The van der Waals surface area contributed by atoms with Gasteiger partial charge >= 0.3 is 6.09 Å². The molecule has 0 spiro atoms. The van der Waals surface area contributed by atoms with Crippen molar-refractivity contribution < 1.29 is 9.53 Å². The summed E-state index contributed by atoms with van der Waals surface area (Å²) in [6.45, 7) is 8.47. The molecule has 1 aliphatic heterocycles. The summed E-state index contributed by atoms with van der Waals surface area (Å²) in [5, 5.41) is 3.66. The third-order valence-corrected chi connectivity index (χ3v) is 2.42. The quantitative estimate of drug-likeness (QED) is 0.391. The number of amides is 1. The van der Waals surface area contributed by atoms with Crippen LogP contribution >= 0.6 is 0 Å². The molecule has 16 heavy (non-hydrogen) atoms. The van der Waals surface area contributed by atoms with Crippen LogP contribution in [0.5, 0.6) is 0 Å². The summed E-state index contributed by atoms with van der Waals surface area (Å²) in [5.41, 5.74) is 7.89. The Morgan fingerprint density at radius 1 is 1.50 bits per heavy atom. The van der Waals surface area contributed by atoms with E-state index in [-0.39, 0.29) is 18.1 Å². The predicted molar refractivity (Wildman–Crippen MR) is 59.9 cm³/mol. The third-order valence-electron chi connectivity index (χ3n) is 2.42. The Bertz CT molecular complexity index is 317. The minimum Gasteiger partial charge on any atom is -0.444 e. The van der Waals surface area contributed by atoms with Crippen LogP contribution in [0.4, 0.5) is 4.79 Å². The van der Waals surface area contributed by atoms with Crippen LogP contribution in [0.25, 0.3) is 10.4 Å². The number of azide groups is 1. The SMILES string of the molecule is C[C@H]1CN(C(=O)OC(C)(C)C)C[C@@H]1N=[N+]=[N-]. The molecule has 1 heterocycles. The lowest BCUT2D eigenvalue weighted by Gasteiger charge is -2.24. The van der Waals surface area contributed by atoms with Gasteiger partial charge < -0.3 is 9.64 Å². The molecule has 1 fully saturated rings. The average molecular weight is 226 g/mol. The normalized spacial score (nSPS) is 25.1. The molecule has 1 amide bonds. The van der Waals surface area contributed by atoms with Gasteiger partial charge in [0.2, 0.25) is 0 Å². The molecule has 1 aliphatic rings. The van der Waals surface area contributed by atoms with E-state index >= 15 is 0 Å². The monoisotopic (exact) mass is 226 g/mol. The molecular formula is C10H18N4O2. The highest BCUT2D eigenvalue weighted by molar-refractivity contribution is 5.68. The molecule has 1 saturated heterocycles. The summed E-state index contributed by atoms with van der Waals surface area (Å²) in [4.78, 5) is 16.1. The van der Waals surface area contributed by atoms with Crippen molar-refractivity contribution in [1.82, 2.24) is 4.90 Å². The van der Waals surface area contributed by atoms with Gasteiger partial charge in [-0.3, -0.25) is 0 Å². The highest BCUT2D eigenvalue weighted by atomic mass is 16.6. The molecule has 0 N–H and O–H groups in total. The Morgan fingerprint density at radius 2 is 2.12 bits per heavy atom. The molecule has 0 aromatic rings. The maximum Gasteiger partial charge on any atom is 0.410 e. The minimum absolute atomic E-state index is 0.141. The number of ether oxygens (including phenoxy) is 1. The number of carbonyl (C=O) groups is 1. The van der Waals surface area contributed by atoms with Crippen molar-refractivity contribution in [3.8, 4) is 0 Å². The fraction of sp³-hybridized carbons (Fsp3) is 0.900. The second-order valence-corrected chi connectivity index (χ2v) is 5.13. The molecule has 90 valence electrons. The van der Waals surface area contributed by atoms with Crippen LogP contribution < -0.4 is 0 Å². The number of carbonyl (C=O) groups excluding carboxylic acids is 1. The standard InChI is InChI=1S/C10H18N4O2/c1-7-5-14(6-8(7)12-13-11)9(15)16-10(2,3)4/h7-8H,5-6H2,1-4H3/t7-,8-/m0/s1. The van der Waals surface area contributed by atoms with Crippen LogP contribution in [0.15, 0.2) is 5.11 Å². The van der Waals surface area contributed by atoms with Gasteiger partial charge in [0.25, 0.3) is 0 Å². The van der Waals surface area contributed by atoms with E-state index in [2.05, 4.69) is 10.0 Å². The van der Waals surface area contributed by atoms with Crippen molar-refractivity contribution in [1.29, 1.82) is 0 Å². The number of likely N-dealkylation sites (tertiary alicyclic amines) is 1. The van der Waals surface area contributed by atoms with Crippen LogP contribution in [0.3, 0.4) is 0 Å². The van der Waals surface area contributed by atoms with Crippen LogP contribution in [0, 0.1) is 5.92 Å². The fourth-order valence-electron chi connectivity index (χ4n) is 1.64. The van der Waals surface area contributed by atoms with E-state index in [1.165, 1.54) is 0 Å². The predicted octanol–water partition coefficient (Wildman–Crippen LogP) is 2.55. The zero-order chi connectivity index (χ0) is 12.3. The Kier molecular flexibility index (Phi) is 3.65. The van der Waals surface area contributed by atoms with E-state index in [4.69, 9.17) is 10.3 Å². The molecule has 0 radical (unpaired) electrons. The van der Waals surface area contributed by atoms with Crippen molar-refractivity contribution in [3.05, 3.63) is 10.4 Å². The highest BCUT2D eigenvalue weighted by Gasteiger charge is 2.33. The van der Waals surface area contributed by atoms with Gasteiger partial charge in [0, 0.05) is 18.0 Å². The first-order valence-electron chi connectivity index (χ1n) is 5.35. The Labute approximate surface area is 95.2 Å². The largest absolute Gasteiger partial charge is 0.444 e. The lowest BCUT2D eigenvalue weighted by atomic mass is 10.1. The lowest BCUT2D eigenvalue weighted by Crippen LogP contribution is -2.35. The van der Waals surface area contributed by atoms with E-state index in [0.717, 1.165) is 0 Å². The van der Waals surface area contributed by atoms with Gasteiger partial charge in [0.1, 0.15) is 5.60 Å². The Balaban J connectivity index is 2.58. The van der Waals surface area contributed by atoms with E-state index in [0.29, 0.717) is 13.1 Å². The van der Waals surface area contributed by atoms with Crippen molar-refractivity contribution >= 4 is 6.09 Å². The first-order valence-corrected chi connectivity index (χ1v) is 5.35. The van der Waals surface area contributed by atoms with Crippen LogP contribution in [-0.4, -0.2) is 35.7 Å². The number of nitrogens with zero attached hydrogens (tertiary/aromatic N) is 4. The average Bonchev–Trinajstić information content (AvgIpc) is 2.46. The van der Waals surface area contributed by atoms with Gasteiger partial charge in [-0.1, -0.05) is 12.0 Å². The molecule has 0 aliphatic carbocycles. The van der Waals surface area contributed by atoms with E-state index in [1.54, 1.807) is 4.90 Å². The van der Waals surface area contributed by atoms with Crippen molar-refractivity contribution in [2.75, 3.05) is 13.1 Å². The van der Waals surface area contributed by atoms with Gasteiger partial charge in [-0.25, -0.2) is 4.79 Å². The summed E-state index contributed by atoms with van der Waals surface area (Å²) in [5.74, 6) is 0.184. The molecule has 2 atom stereocenters. The third kappa shape index (κ3) is 3.31. The number of hydrogen-bond donors (Lipinski definition) is 0. The second kappa shape index (κ2) is 4.61. The maximum atomic E-state index is 11.7. The molecule has 0 saturated carbocycles. The zero-order valence-corrected chi connectivity index (χ0v) is 10.2. The second-order valence-electron chi connectivity index (χ2n) is 5.13. The molecule has 0 aromatic carbocycles. The van der Waals surface area contributed by atoms with Crippen molar-refractivity contribution in [3.63, 3.8) is 0 Å². The van der Waals surface area contributed by atoms with E-state index in [9.17, 15) is 4.79 Å². The van der Waals surface area contributed by atoms with Gasteiger partial charge in [0.05, 0.1) is 6.04 Å². The topological polar surface area (TPSA) is 78.3 Å². The van der Waals surface area contributed by atoms with Crippen molar-refractivity contribution in [2.45, 2.75) is 39.3 Å². The van der Waals surface area contributed by atoms with E-state index in [1.807, 2.05) is 27.7 Å². The zero-order valence-electron chi connectivity index (χ0n) is 10.2. The molecular weight excluding hydrogens is 208 g/mol. The molecule has 1 rings (SSSR count). The van der Waals surface area contributed by atoms with Gasteiger partial charge in [0.15, 0.2) is 0 Å². The van der Waals surface area contributed by atoms with Crippen LogP contribution in [0.1, 0.15) is 27.7 Å². The Hall–Kier alpha value is -1.42. The van der Waals surface area contributed by atoms with Crippen LogP contribution in [-0.2, 0) is 4.74 Å². The van der Waals surface area contributed by atoms with E-state index < -0.39 is 5.60 Å².